The topological polar surface area (TPSA) is 12.4 Å². The van der Waals surface area contributed by atoms with Crippen LogP contribution in [0.15, 0.2) is 41.4 Å². The Bertz CT molecular complexity index is 339. The molecule has 0 aliphatic rings. The number of hydrogen-bond acceptors (Lipinski definition) is 1. The highest BCUT2D eigenvalue weighted by molar-refractivity contribution is 6.20. The highest BCUT2D eigenvalue weighted by Gasteiger charge is 2.00. The lowest BCUT2D eigenvalue weighted by Gasteiger charge is -2.05. The van der Waals surface area contributed by atoms with Crippen LogP contribution in [0.3, 0.4) is 0 Å². The fraction of sp³-hybridized carbons (Fsp3) is 0.588. The predicted molar refractivity (Wildman–Crippen MR) is 89.5 cm³/mol. The van der Waals surface area contributed by atoms with Crippen LogP contribution in [0, 0.1) is 0 Å². The van der Waals surface area contributed by atoms with Crippen LogP contribution in [0.5, 0.6) is 0 Å². The molecular weight excluding hydrogens is 254 g/mol. The molecule has 0 aromatic carbocycles. The fourth-order valence-electron chi connectivity index (χ4n) is 1.66. The maximum Gasteiger partial charge on any atom is 0.0364 e. The van der Waals surface area contributed by atoms with E-state index in [1.807, 2.05) is 13.8 Å². The Morgan fingerprint density at radius 3 is 2.53 bits per heavy atom. The van der Waals surface area contributed by atoms with E-state index in [-0.39, 0.29) is 0 Å². The number of hydrogen-bond donors (Lipinski definition) is 0. The molecule has 0 saturated carbocycles. The van der Waals surface area contributed by atoms with E-state index in [4.69, 9.17) is 11.6 Å². The smallest absolute Gasteiger partial charge is 0.0364 e. The maximum absolute atomic E-state index is 6.07. The predicted octanol–water partition coefficient (Wildman–Crippen LogP) is 5.71. The quantitative estimate of drug-likeness (QED) is 0.276. The molecule has 0 N–H and O–H groups in total. The molecule has 0 rings (SSSR count). The first-order chi connectivity index (χ1) is 9.01. The van der Waals surface area contributed by atoms with Gasteiger partial charge < -0.3 is 0 Å². The van der Waals surface area contributed by atoms with E-state index in [2.05, 4.69) is 37.2 Å². The number of rotatable bonds is 10. The third-order valence-corrected chi connectivity index (χ3v) is 3.62. The zero-order valence-electron chi connectivity index (χ0n) is 12.7. The molecule has 19 heavy (non-hydrogen) atoms. The summed E-state index contributed by atoms with van der Waals surface area (Å²) < 4.78 is 0. The first-order valence-electron chi connectivity index (χ1n) is 7.18. The van der Waals surface area contributed by atoms with Gasteiger partial charge in [-0.05, 0) is 51.5 Å². The number of allylic oxidation sites excluding steroid dienone is 4. The molecule has 0 spiro atoms. The summed E-state index contributed by atoms with van der Waals surface area (Å²) in [6.45, 7) is 15.1. The SMILES string of the molecule is C=C(C=CCCC(Cl)CC)CCC(=C)/C(C)=N\CC. The van der Waals surface area contributed by atoms with Gasteiger partial charge in [0, 0.05) is 17.6 Å². The monoisotopic (exact) mass is 281 g/mol. The molecule has 0 amide bonds. The highest BCUT2D eigenvalue weighted by atomic mass is 35.5. The van der Waals surface area contributed by atoms with Gasteiger partial charge in [0.15, 0.2) is 0 Å². The molecule has 2 heteroatoms. The molecular formula is C17H28ClN. The van der Waals surface area contributed by atoms with Gasteiger partial charge in [0.1, 0.15) is 0 Å². The fourth-order valence-corrected chi connectivity index (χ4v) is 1.78. The standard InChI is InChI=1S/C17H28ClN/c1-6-17(18)11-9-8-10-14(3)12-13-15(4)16(5)19-7-2/h8,10,17H,3-4,6-7,9,11-13H2,1-2,5H3/b10-8?,19-16-. The van der Waals surface area contributed by atoms with E-state index < -0.39 is 0 Å². The first-order valence-corrected chi connectivity index (χ1v) is 7.62. The van der Waals surface area contributed by atoms with Crippen molar-refractivity contribution in [3.05, 3.63) is 36.5 Å². The van der Waals surface area contributed by atoms with Crippen LogP contribution in [0.25, 0.3) is 0 Å². The highest BCUT2D eigenvalue weighted by Crippen LogP contribution is 2.13. The Morgan fingerprint density at radius 1 is 1.26 bits per heavy atom. The minimum atomic E-state index is 0.297. The van der Waals surface area contributed by atoms with Gasteiger partial charge >= 0.3 is 0 Å². The summed E-state index contributed by atoms with van der Waals surface area (Å²) in [6, 6.07) is 0. The van der Waals surface area contributed by atoms with E-state index in [1.54, 1.807) is 0 Å². The van der Waals surface area contributed by atoms with Gasteiger partial charge in [0.2, 0.25) is 0 Å². The van der Waals surface area contributed by atoms with E-state index in [0.717, 1.165) is 55.5 Å². The van der Waals surface area contributed by atoms with Crippen LogP contribution < -0.4 is 0 Å². The molecule has 0 fully saturated rings. The van der Waals surface area contributed by atoms with E-state index in [1.165, 1.54) is 0 Å². The average Bonchev–Trinajstić information content (AvgIpc) is 2.40. The molecule has 108 valence electrons. The summed E-state index contributed by atoms with van der Waals surface area (Å²) in [7, 11) is 0. The Balaban J connectivity index is 3.90. The lowest BCUT2D eigenvalue weighted by molar-refractivity contribution is 0.738. The molecule has 0 saturated heterocycles. The van der Waals surface area contributed by atoms with Crippen molar-refractivity contribution < 1.29 is 0 Å². The minimum absolute atomic E-state index is 0.297. The maximum atomic E-state index is 6.07. The van der Waals surface area contributed by atoms with Crippen molar-refractivity contribution in [2.45, 2.75) is 58.3 Å². The summed E-state index contributed by atoms with van der Waals surface area (Å²) in [5, 5.41) is 0.297. The summed E-state index contributed by atoms with van der Waals surface area (Å²) in [6.07, 6.45) is 9.26. The van der Waals surface area contributed by atoms with Crippen LogP contribution in [0.2, 0.25) is 0 Å². The second kappa shape index (κ2) is 11.0. The zero-order chi connectivity index (χ0) is 14.7. The van der Waals surface area contributed by atoms with Gasteiger partial charge in [-0.2, -0.15) is 0 Å². The molecule has 0 aromatic heterocycles. The lowest BCUT2D eigenvalue weighted by atomic mass is 10.0. The second-order valence-electron chi connectivity index (χ2n) is 4.81. The largest absolute Gasteiger partial charge is 0.290 e. The number of halogens is 1. The van der Waals surface area contributed by atoms with Crippen LogP contribution in [-0.4, -0.2) is 17.6 Å². The third kappa shape index (κ3) is 9.72. The molecule has 0 radical (unpaired) electrons. The molecule has 1 nitrogen and oxygen atoms in total. The van der Waals surface area contributed by atoms with Crippen LogP contribution in [-0.2, 0) is 0 Å². The van der Waals surface area contributed by atoms with Crippen LogP contribution >= 0.6 is 11.6 Å². The van der Waals surface area contributed by atoms with Gasteiger partial charge in [-0.3, -0.25) is 4.99 Å². The molecule has 0 bridgehead atoms. The van der Waals surface area contributed by atoms with Crippen molar-refractivity contribution in [3.8, 4) is 0 Å². The Morgan fingerprint density at radius 2 is 1.95 bits per heavy atom. The average molecular weight is 282 g/mol. The number of nitrogens with zero attached hydrogens (tertiary/aromatic N) is 1. The normalized spacial score (nSPS) is 13.8. The number of aliphatic imine (C=N–C) groups is 1. The van der Waals surface area contributed by atoms with Crippen molar-refractivity contribution in [2.75, 3.05) is 6.54 Å². The van der Waals surface area contributed by atoms with Crippen molar-refractivity contribution in [1.82, 2.24) is 0 Å². The van der Waals surface area contributed by atoms with Gasteiger partial charge in [0.25, 0.3) is 0 Å². The molecule has 0 heterocycles. The summed E-state index contributed by atoms with van der Waals surface area (Å²) in [4.78, 5) is 4.36. The minimum Gasteiger partial charge on any atom is -0.290 e. The van der Waals surface area contributed by atoms with Crippen molar-refractivity contribution in [2.24, 2.45) is 4.99 Å². The lowest BCUT2D eigenvalue weighted by Crippen LogP contribution is -1.97. The van der Waals surface area contributed by atoms with Crippen LogP contribution in [0.4, 0.5) is 0 Å². The van der Waals surface area contributed by atoms with Crippen molar-refractivity contribution in [3.63, 3.8) is 0 Å². The first kappa shape index (κ1) is 18.2. The van der Waals surface area contributed by atoms with Crippen LogP contribution in [0.1, 0.15) is 52.9 Å². The van der Waals surface area contributed by atoms with Gasteiger partial charge in [-0.15, -0.1) is 11.6 Å². The molecule has 0 aliphatic carbocycles. The van der Waals surface area contributed by atoms with E-state index >= 15 is 0 Å². The summed E-state index contributed by atoms with van der Waals surface area (Å²) in [5.74, 6) is 0. The third-order valence-electron chi connectivity index (χ3n) is 3.10. The molecule has 1 unspecified atom stereocenters. The summed E-state index contributed by atoms with van der Waals surface area (Å²) >= 11 is 6.07. The van der Waals surface area contributed by atoms with Gasteiger partial charge in [-0.1, -0.05) is 37.8 Å². The summed E-state index contributed by atoms with van der Waals surface area (Å²) in [5.41, 5.74) is 3.32. The van der Waals surface area contributed by atoms with E-state index in [0.29, 0.717) is 5.38 Å². The van der Waals surface area contributed by atoms with Crippen molar-refractivity contribution in [1.29, 1.82) is 0 Å². The molecule has 0 aliphatic heterocycles. The Hall–Kier alpha value is -0.820. The molecule has 0 aromatic rings. The van der Waals surface area contributed by atoms with Gasteiger partial charge in [-0.25, -0.2) is 0 Å². The number of alkyl halides is 1. The molecule has 1 atom stereocenters. The second-order valence-corrected chi connectivity index (χ2v) is 5.42. The van der Waals surface area contributed by atoms with E-state index in [9.17, 15) is 0 Å². The Kier molecular flexibility index (Phi) is 10.6. The van der Waals surface area contributed by atoms with Crippen molar-refractivity contribution >= 4 is 17.3 Å². The van der Waals surface area contributed by atoms with Gasteiger partial charge in [0.05, 0.1) is 0 Å². The zero-order valence-corrected chi connectivity index (χ0v) is 13.5. The Labute approximate surface area is 124 Å².